The second kappa shape index (κ2) is 5.50. The van der Waals surface area contributed by atoms with Crippen molar-refractivity contribution in [1.82, 2.24) is 5.06 Å². The Balaban J connectivity index is 4.24. The molecular formula is C6H11NO5. The van der Waals surface area contributed by atoms with Crippen LogP contribution in [0.4, 0.5) is 0 Å². The molecule has 0 aliphatic carbocycles. The van der Waals surface area contributed by atoms with Gasteiger partial charge in [-0.1, -0.05) is 0 Å². The smallest absolute Gasteiger partial charge is 0.331 e. The number of hydrogen-bond donors (Lipinski definition) is 1. The molecule has 0 unspecified atom stereocenters. The van der Waals surface area contributed by atoms with Crippen LogP contribution in [0.5, 0.6) is 0 Å². The Kier molecular flexibility index (Phi) is 4.98. The van der Waals surface area contributed by atoms with Gasteiger partial charge >= 0.3 is 5.97 Å². The highest BCUT2D eigenvalue weighted by molar-refractivity contribution is 5.75. The molecule has 0 aromatic carbocycles. The van der Waals surface area contributed by atoms with Crippen LogP contribution >= 0.6 is 0 Å². The lowest BCUT2D eigenvalue weighted by atomic mass is 10.3. The number of aliphatic carboxylic acids is 1. The fourth-order valence-corrected chi connectivity index (χ4v) is 0.655. The summed E-state index contributed by atoms with van der Waals surface area (Å²) < 4.78 is 4.59. The van der Waals surface area contributed by atoms with Gasteiger partial charge in [-0.15, -0.1) is 0 Å². The van der Waals surface area contributed by atoms with Gasteiger partial charge in [-0.05, 0) is 0 Å². The predicted octanol–water partition coefficient (Wildman–Crippen LogP) is -0.894. The van der Waals surface area contributed by atoms with E-state index >= 15 is 0 Å². The molecule has 0 aromatic heterocycles. The zero-order chi connectivity index (χ0) is 9.56. The van der Waals surface area contributed by atoms with Crippen molar-refractivity contribution < 1.29 is 24.3 Å². The molecule has 0 aromatic rings. The van der Waals surface area contributed by atoms with Gasteiger partial charge in [0.2, 0.25) is 6.41 Å². The second-order valence-corrected chi connectivity index (χ2v) is 1.96. The molecule has 1 atom stereocenters. The fraction of sp³-hybridized carbons (Fsp3) is 0.667. The summed E-state index contributed by atoms with van der Waals surface area (Å²) in [6.45, 7) is -0.109. The van der Waals surface area contributed by atoms with Gasteiger partial charge in [0.1, 0.15) is 0 Å². The Bertz CT molecular complexity index is 160. The molecule has 0 saturated heterocycles. The largest absolute Gasteiger partial charge is 0.480 e. The average Bonchev–Trinajstić information content (AvgIpc) is 2.05. The molecule has 1 amide bonds. The quantitative estimate of drug-likeness (QED) is 0.420. The van der Waals surface area contributed by atoms with Crippen molar-refractivity contribution in [2.45, 2.75) is 6.04 Å². The highest BCUT2D eigenvalue weighted by Gasteiger charge is 2.24. The van der Waals surface area contributed by atoms with E-state index in [4.69, 9.17) is 5.11 Å². The maximum Gasteiger partial charge on any atom is 0.331 e. The van der Waals surface area contributed by atoms with Crippen LogP contribution in [0.3, 0.4) is 0 Å². The number of carbonyl (C=O) groups is 2. The first-order valence-electron chi connectivity index (χ1n) is 3.16. The Morgan fingerprint density at radius 2 is 2.25 bits per heavy atom. The Hall–Kier alpha value is -1.14. The normalized spacial score (nSPS) is 12.2. The van der Waals surface area contributed by atoms with E-state index in [0.717, 1.165) is 0 Å². The SMILES string of the molecule is COC[C@@H](C(=O)O)N(C=O)OC. The molecule has 12 heavy (non-hydrogen) atoms. The highest BCUT2D eigenvalue weighted by Crippen LogP contribution is 1.97. The molecule has 0 saturated carbocycles. The first-order chi connectivity index (χ1) is 5.67. The van der Waals surface area contributed by atoms with E-state index in [9.17, 15) is 9.59 Å². The Labute approximate surface area is 69.6 Å². The summed E-state index contributed by atoms with van der Waals surface area (Å²) in [5.41, 5.74) is 0. The monoisotopic (exact) mass is 177 g/mol. The topological polar surface area (TPSA) is 76.1 Å². The Morgan fingerprint density at radius 3 is 2.50 bits per heavy atom. The molecule has 6 nitrogen and oxygen atoms in total. The van der Waals surface area contributed by atoms with E-state index in [1.807, 2.05) is 0 Å². The zero-order valence-electron chi connectivity index (χ0n) is 6.89. The first kappa shape index (κ1) is 10.9. The summed E-state index contributed by atoms with van der Waals surface area (Å²) in [6.07, 6.45) is 0.289. The van der Waals surface area contributed by atoms with Crippen molar-refractivity contribution in [1.29, 1.82) is 0 Å². The standard InChI is InChI=1S/C6H11NO5/c1-11-3-5(6(9)10)7(4-8)12-2/h4-5H,3H2,1-2H3,(H,9,10)/t5-/m0/s1. The van der Waals surface area contributed by atoms with Gasteiger partial charge in [0.15, 0.2) is 6.04 Å². The van der Waals surface area contributed by atoms with Crippen molar-refractivity contribution in [2.75, 3.05) is 20.8 Å². The number of hydrogen-bond acceptors (Lipinski definition) is 4. The van der Waals surface area contributed by atoms with Crippen LogP contribution in [0.25, 0.3) is 0 Å². The van der Waals surface area contributed by atoms with E-state index in [1.54, 1.807) is 0 Å². The van der Waals surface area contributed by atoms with E-state index in [0.29, 0.717) is 5.06 Å². The first-order valence-corrected chi connectivity index (χ1v) is 3.16. The van der Waals surface area contributed by atoms with Gasteiger partial charge in [0, 0.05) is 7.11 Å². The molecule has 0 aliphatic rings. The molecule has 1 N–H and O–H groups in total. The summed E-state index contributed by atoms with van der Waals surface area (Å²) >= 11 is 0. The summed E-state index contributed by atoms with van der Waals surface area (Å²) in [5.74, 6) is -1.18. The van der Waals surface area contributed by atoms with Crippen molar-refractivity contribution in [3.8, 4) is 0 Å². The number of hydroxylamine groups is 2. The lowest BCUT2D eigenvalue weighted by Crippen LogP contribution is -2.42. The number of carboxylic acid groups (broad SMARTS) is 1. The van der Waals surface area contributed by atoms with Gasteiger partial charge < -0.3 is 9.84 Å². The molecule has 6 heteroatoms. The lowest BCUT2D eigenvalue weighted by molar-refractivity contribution is -0.190. The van der Waals surface area contributed by atoms with Gasteiger partial charge in [-0.2, -0.15) is 0 Å². The molecule has 0 fully saturated rings. The number of rotatable bonds is 6. The van der Waals surface area contributed by atoms with Crippen molar-refractivity contribution in [3.05, 3.63) is 0 Å². The third-order valence-electron chi connectivity index (χ3n) is 1.23. The van der Waals surface area contributed by atoms with Crippen LogP contribution in [0.1, 0.15) is 0 Å². The number of nitrogens with zero attached hydrogens (tertiary/aromatic N) is 1. The number of ether oxygens (including phenoxy) is 1. The average molecular weight is 177 g/mol. The number of carboxylic acids is 1. The van der Waals surface area contributed by atoms with Crippen molar-refractivity contribution in [2.24, 2.45) is 0 Å². The molecule has 0 aliphatic heterocycles. The minimum Gasteiger partial charge on any atom is -0.480 e. The van der Waals surface area contributed by atoms with Gasteiger partial charge in [-0.3, -0.25) is 9.63 Å². The fourth-order valence-electron chi connectivity index (χ4n) is 0.655. The lowest BCUT2D eigenvalue weighted by Gasteiger charge is -2.20. The van der Waals surface area contributed by atoms with E-state index in [-0.39, 0.29) is 13.0 Å². The molecule has 0 radical (unpaired) electrons. The summed E-state index contributed by atoms with van der Waals surface area (Å²) in [4.78, 5) is 25.2. The van der Waals surface area contributed by atoms with Crippen LogP contribution in [0.2, 0.25) is 0 Å². The molecule has 0 heterocycles. The number of methoxy groups -OCH3 is 1. The molecule has 0 rings (SSSR count). The molecule has 0 spiro atoms. The van der Waals surface area contributed by atoms with Crippen LogP contribution in [-0.2, 0) is 19.2 Å². The van der Waals surface area contributed by atoms with Gasteiger partial charge in [0.05, 0.1) is 13.7 Å². The van der Waals surface area contributed by atoms with E-state index < -0.39 is 12.0 Å². The summed E-state index contributed by atoms with van der Waals surface area (Å²) in [6, 6.07) is -1.10. The van der Waals surface area contributed by atoms with Crippen LogP contribution in [0.15, 0.2) is 0 Å². The minimum atomic E-state index is -1.18. The second-order valence-electron chi connectivity index (χ2n) is 1.96. The zero-order valence-corrected chi connectivity index (χ0v) is 6.89. The third kappa shape index (κ3) is 2.85. The summed E-state index contributed by atoms with van der Waals surface area (Å²) in [7, 11) is 2.55. The minimum absolute atomic E-state index is 0.109. The summed E-state index contributed by atoms with van der Waals surface area (Å²) in [5, 5.41) is 9.25. The van der Waals surface area contributed by atoms with Crippen molar-refractivity contribution in [3.63, 3.8) is 0 Å². The maximum absolute atomic E-state index is 10.5. The highest BCUT2D eigenvalue weighted by atomic mass is 16.7. The molecule has 70 valence electrons. The maximum atomic E-state index is 10.5. The third-order valence-corrected chi connectivity index (χ3v) is 1.23. The molecule has 0 bridgehead atoms. The van der Waals surface area contributed by atoms with E-state index in [2.05, 4.69) is 9.57 Å². The molecular weight excluding hydrogens is 166 g/mol. The van der Waals surface area contributed by atoms with Crippen LogP contribution < -0.4 is 0 Å². The predicted molar refractivity (Wildman–Crippen MR) is 38.2 cm³/mol. The van der Waals surface area contributed by atoms with Crippen molar-refractivity contribution >= 4 is 12.4 Å². The van der Waals surface area contributed by atoms with Crippen LogP contribution in [-0.4, -0.2) is 49.4 Å². The number of amides is 1. The van der Waals surface area contributed by atoms with E-state index in [1.165, 1.54) is 14.2 Å². The van der Waals surface area contributed by atoms with Gasteiger partial charge in [0.25, 0.3) is 0 Å². The Morgan fingerprint density at radius 1 is 1.67 bits per heavy atom. The van der Waals surface area contributed by atoms with Gasteiger partial charge in [-0.25, -0.2) is 9.86 Å². The number of carbonyl (C=O) groups excluding carboxylic acids is 1. The van der Waals surface area contributed by atoms with Crippen LogP contribution in [0, 0.1) is 0 Å².